The average molecular weight is 577 g/mol. The van der Waals surface area contributed by atoms with Crippen molar-refractivity contribution < 1.29 is 19.1 Å². The van der Waals surface area contributed by atoms with Gasteiger partial charge in [0, 0.05) is 12.1 Å². The summed E-state index contributed by atoms with van der Waals surface area (Å²) < 4.78 is 5.45. The molecule has 0 heterocycles. The number of benzene rings is 4. The third-order valence-corrected chi connectivity index (χ3v) is 6.77. The summed E-state index contributed by atoms with van der Waals surface area (Å²) in [6, 6.07) is 29.6. The summed E-state index contributed by atoms with van der Waals surface area (Å²) in [4.78, 5) is 42.4. The zero-order valence-electron chi connectivity index (χ0n) is 24.8. The third kappa shape index (κ3) is 8.43. The minimum Gasteiger partial charge on any atom is -0.444 e. The van der Waals surface area contributed by atoms with Crippen LogP contribution in [-0.4, -0.2) is 41.0 Å². The normalized spacial score (nSPS) is 12.4. The summed E-state index contributed by atoms with van der Waals surface area (Å²) in [5.41, 5.74) is 2.06. The second kappa shape index (κ2) is 13.7. The van der Waals surface area contributed by atoms with Crippen molar-refractivity contribution in [3.05, 3.63) is 114 Å². The van der Waals surface area contributed by atoms with E-state index in [1.54, 1.807) is 39.0 Å². The molecule has 43 heavy (non-hydrogen) atoms. The molecule has 4 rings (SSSR count). The van der Waals surface area contributed by atoms with Crippen LogP contribution < -0.4 is 10.6 Å². The maximum absolute atomic E-state index is 14.3. The molecular formula is C35H36N4O4. The van der Waals surface area contributed by atoms with E-state index in [4.69, 9.17) is 4.74 Å². The van der Waals surface area contributed by atoms with Crippen LogP contribution in [-0.2, 0) is 20.7 Å². The van der Waals surface area contributed by atoms with Gasteiger partial charge in [-0.1, -0.05) is 90.5 Å². The first-order valence-corrected chi connectivity index (χ1v) is 14.1. The summed E-state index contributed by atoms with van der Waals surface area (Å²) in [6.07, 6.45) is -0.639. The predicted molar refractivity (Wildman–Crippen MR) is 167 cm³/mol. The third-order valence-electron chi connectivity index (χ3n) is 6.77. The Balaban J connectivity index is 1.72. The molecule has 0 bridgehead atoms. The van der Waals surface area contributed by atoms with Gasteiger partial charge in [0.1, 0.15) is 24.2 Å². The molecule has 0 saturated heterocycles. The van der Waals surface area contributed by atoms with E-state index in [0.717, 1.165) is 21.9 Å². The van der Waals surface area contributed by atoms with E-state index < -0.39 is 35.6 Å². The number of ether oxygens (including phenoxy) is 1. The summed E-state index contributed by atoms with van der Waals surface area (Å²) in [6.45, 7) is 6.73. The number of nitrogens with one attached hydrogen (secondary N) is 2. The Labute approximate surface area is 252 Å². The van der Waals surface area contributed by atoms with Gasteiger partial charge < -0.3 is 20.3 Å². The minimum absolute atomic E-state index is 0.133. The number of carbonyl (C=O) groups is 3. The number of nitriles is 1. The quantitative estimate of drug-likeness (QED) is 0.227. The van der Waals surface area contributed by atoms with Crippen LogP contribution in [0.3, 0.4) is 0 Å². The van der Waals surface area contributed by atoms with Crippen molar-refractivity contribution in [1.29, 1.82) is 5.26 Å². The van der Waals surface area contributed by atoms with E-state index in [2.05, 4.69) is 10.6 Å². The fraction of sp³-hybridized carbons (Fsp3) is 0.257. The predicted octanol–water partition coefficient (Wildman–Crippen LogP) is 6.32. The van der Waals surface area contributed by atoms with Crippen molar-refractivity contribution in [2.45, 2.75) is 51.8 Å². The Morgan fingerprint density at radius 3 is 2.19 bits per heavy atom. The molecule has 8 nitrogen and oxygen atoms in total. The van der Waals surface area contributed by atoms with Gasteiger partial charge in [-0.2, -0.15) is 5.26 Å². The summed E-state index contributed by atoms with van der Waals surface area (Å²) in [7, 11) is 0. The van der Waals surface area contributed by atoms with E-state index in [-0.39, 0.29) is 13.0 Å². The Bertz CT molecular complexity index is 1620. The van der Waals surface area contributed by atoms with Crippen molar-refractivity contribution in [3.63, 3.8) is 0 Å². The molecule has 0 radical (unpaired) electrons. The summed E-state index contributed by atoms with van der Waals surface area (Å²) in [5.74, 6) is -1.08. The molecule has 0 saturated carbocycles. The Morgan fingerprint density at radius 1 is 0.884 bits per heavy atom. The number of hydrogen-bond acceptors (Lipinski definition) is 5. The van der Waals surface area contributed by atoms with Gasteiger partial charge >= 0.3 is 6.09 Å². The van der Waals surface area contributed by atoms with Crippen LogP contribution in [0.4, 0.5) is 10.5 Å². The highest BCUT2D eigenvalue weighted by Crippen LogP contribution is 2.26. The largest absolute Gasteiger partial charge is 0.444 e. The molecule has 2 unspecified atom stereocenters. The fourth-order valence-corrected chi connectivity index (χ4v) is 4.77. The average Bonchev–Trinajstić information content (AvgIpc) is 2.96. The number of aryl methyl sites for hydroxylation is 1. The van der Waals surface area contributed by atoms with Crippen molar-refractivity contribution in [2.75, 3.05) is 11.9 Å². The lowest BCUT2D eigenvalue weighted by Gasteiger charge is -2.33. The number of alkyl carbamates (subject to hydrolysis) is 1. The van der Waals surface area contributed by atoms with Crippen molar-refractivity contribution in [2.24, 2.45) is 0 Å². The van der Waals surface area contributed by atoms with Crippen LogP contribution in [0.1, 0.15) is 43.5 Å². The molecule has 4 aromatic carbocycles. The first kappa shape index (κ1) is 30.8. The van der Waals surface area contributed by atoms with Crippen LogP contribution in [0.25, 0.3) is 10.8 Å². The van der Waals surface area contributed by atoms with Gasteiger partial charge in [-0.15, -0.1) is 0 Å². The van der Waals surface area contributed by atoms with Crippen LogP contribution >= 0.6 is 0 Å². The van der Waals surface area contributed by atoms with Gasteiger partial charge in [0.15, 0.2) is 0 Å². The molecule has 2 atom stereocenters. The lowest BCUT2D eigenvalue weighted by Crippen LogP contribution is -2.53. The number of hydrogen-bond donors (Lipinski definition) is 2. The Kier molecular flexibility index (Phi) is 9.79. The number of carbonyl (C=O) groups excluding carboxylic acids is 3. The highest BCUT2D eigenvalue weighted by Gasteiger charge is 2.36. The highest BCUT2D eigenvalue weighted by molar-refractivity contribution is 6.00. The molecule has 0 aromatic heterocycles. The standard InChI is InChI=1S/C35H36N4O4/c1-24-14-16-27(17-15-24)31(32(40)37-29-19-18-26-12-8-9-13-28(26)23-29)39(21-20-36)33(41)30(22-25-10-6-5-7-11-25)38-34(42)43-35(2,3)4/h5-19,23,30-31H,21-22H2,1-4H3,(H,37,40)(H,38,42). The molecule has 8 heteroatoms. The topological polar surface area (TPSA) is 112 Å². The minimum atomic E-state index is -1.15. The van der Waals surface area contributed by atoms with Crippen LogP contribution in [0.5, 0.6) is 0 Å². The summed E-state index contributed by atoms with van der Waals surface area (Å²) >= 11 is 0. The molecule has 220 valence electrons. The lowest BCUT2D eigenvalue weighted by molar-refractivity contribution is -0.140. The molecule has 0 fully saturated rings. The molecular weight excluding hydrogens is 540 g/mol. The van der Waals surface area contributed by atoms with E-state index in [1.807, 2.05) is 91.9 Å². The molecule has 4 aromatic rings. The number of rotatable bonds is 9. The first-order valence-electron chi connectivity index (χ1n) is 14.1. The van der Waals surface area contributed by atoms with Gasteiger partial charge in [0.2, 0.25) is 5.91 Å². The van der Waals surface area contributed by atoms with E-state index in [9.17, 15) is 19.6 Å². The number of fused-ring (bicyclic) bond motifs is 1. The molecule has 2 N–H and O–H groups in total. The number of anilines is 1. The number of nitrogens with zero attached hydrogens (tertiary/aromatic N) is 2. The van der Waals surface area contributed by atoms with Crippen LogP contribution in [0, 0.1) is 18.3 Å². The van der Waals surface area contributed by atoms with Crippen LogP contribution in [0.2, 0.25) is 0 Å². The maximum Gasteiger partial charge on any atom is 0.408 e. The molecule has 0 spiro atoms. The molecule has 3 amide bonds. The van der Waals surface area contributed by atoms with Gasteiger partial charge in [-0.3, -0.25) is 9.59 Å². The maximum atomic E-state index is 14.3. The SMILES string of the molecule is Cc1ccc(C(C(=O)Nc2ccc3ccccc3c2)N(CC#N)C(=O)C(Cc2ccccc2)NC(=O)OC(C)(C)C)cc1. The van der Waals surface area contributed by atoms with Gasteiger partial charge in [-0.25, -0.2) is 4.79 Å². The van der Waals surface area contributed by atoms with Crippen LogP contribution in [0.15, 0.2) is 97.1 Å². The van der Waals surface area contributed by atoms with Gasteiger partial charge in [-0.05, 0) is 61.7 Å². The molecule has 0 aliphatic heterocycles. The molecule has 0 aliphatic carbocycles. The zero-order valence-corrected chi connectivity index (χ0v) is 24.8. The first-order chi connectivity index (χ1) is 20.5. The van der Waals surface area contributed by atoms with Crippen molar-refractivity contribution in [1.82, 2.24) is 10.2 Å². The Morgan fingerprint density at radius 2 is 1.53 bits per heavy atom. The van der Waals surface area contributed by atoms with E-state index in [0.29, 0.717) is 11.3 Å². The highest BCUT2D eigenvalue weighted by atomic mass is 16.6. The zero-order chi connectivity index (χ0) is 31.0. The number of amides is 3. The second-order valence-electron chi connectivity index (χ2n) is 11.4. The monoisotopic (exact) mass is 576 g/mol. The van der Waals surface area contributed by atoms with Crippen molar-refractivity contribution in [3.8, 4) is 6.07 Å². The van der Waals surface area contributed by atoms with Crippen molar-refractivity contribution >= 4 is 34.4 Å². The lowest BCUT2D eigenvalue weighted by atomic mass is 9.99. The van der Waals surface area contributed by atoms with Gasteiger partial charge in [0.25, 0.3) is 5.91 Å². The fourth-order valence-electron chi connectivity index (χ4n) is 4.77. The second-order valence-corrected chi connectivity index (χ2v) is 11.4. The van der Waals surface area contributed by atoms with E-state index >= 15 is 0 Å². The smallest absolute Gasteiger partial charge is 0.408 e. The van der Waals surface area contributed by atoms with E-state index in [1.165, 1.54) is 4.90 Å². The van der Waals surface area contributed by atoms with Gasteiger partial charge in [0.05, 0.1) is 6.07 Å². The molecule has 0 aliphatic rings. The Hall–Kier alpha value is -5.16. The summed E-state index contributed by atoms with van der Waals surface area (Å²) in [5, 5.41) is 17.4.